The summed E-state index contributed by atoms with van der Waals surface area (Å²) in [7, 11) is 0. The fourth-order valence-corrected chi connectivity index (χ4v) is 4.46. The van der Waals surface area contributed by atoms with E-state index in [1.54, 1.807) is 0 Å². The molecule has 0 aliphatic rings. The summed E-state index contributed by atoms with van der Waals surface area (Å²) in [5, 5.41) is 0.848. The minimum absolute atomic E-state index is 0.181. The summed E-state index contributed by atoms with van der Waals surface area (Å²) in [5.74, 6) is 0. The van der Waals surface area contributed by atoms with Gasteiger partial charge in [0.15, 0.2) is 0 Å². The lowest BCUT2D eigenvalue weighted by molar-refractivity contribution is 1.30. The van der Waals surface area contributed by atoms with Crippen molar-refractivity contribution >= 4 is 79.6 Å². The molecule has 0 spiro atoms. The van der Waals surface area contributed by atoms with Gasteiger partial charge in [-0.3, -0.25) is 0 Å². The van der Waals surface area contributed by atoms with E-state index < -0.39 is 0 Å². The van der Waals surface area contributed by atoms with E-state index in [4.69, 9.17) is 0 Å². The van der Waals surface area contributed by atoms with Crippen LogP contribution < -0.4 is 0 Å². The van der Waals surface area contributed by atoms with Crippen LogP contribution in [0.5, 0.6) is 0 Å². The topological polar surface area (TPSA) is 0 Å². The molecule has 0 fully saturated rings. The van der Waals surface area contributed by atoms with Gasteiger partial charge in [0.05, 0.1) is 3.74 Å². The fraction of sp³-hybridized carbons (Fsp3) is 0.250. The molecule has 0 nitrogen and oxygen atoms in total. The molecular formula is C8H5Br5. The van der Waals surface area contributed by atoms with Crippen molar-refractivity contribution in [2.45, 2.75) is 9.07 Å². The van der Waals surface area contributed by atoms with Crippen molar-refractivity contribution in [1.29, 1.82) is 0 Å². The molecule has 0 aromatic heterocycles. The first kappa shape index (κ1) is 12.7. The highest BCUT2D eigenvalue weighted by atomic mass is 79.9. The first-order valence-corrected chi connectivity index (χ1v) is 7.92. The molecule has 1 aromatic rings. The lowest BCUT2D eigenvalue weighted by Crippen LogP contribution is -1.88. The third-order valence-corrected chi connectivity index (χ3v) is 4.56. The largest absolute Gasteiger partial charge is 0.0957 e. The first-order chi connectivity index (χ1) is 6.06. The van der Waals surface area contributed by atoms with Crippen molar-refractivity contribution in [3.63, 3.8) is 0 Å². The van der Waals surface area contributed by atoms with Crippen LogP contribution in [0.3, 0.4) is 0 Å². The van der Waals surface area contributed by atoms with Crippen LogP contribution in [0.2, 0.25) is 0 Å². The van der Waals surface area contributed by atoms with Crippen LogP contribution in [0.1, 0.15) is 14.9 Å². The zero-order valence-electron chi connectivity index (χ0n) is 6.33. The average Bonchev–Trinajstić information content (AvgIpc) is 2.03. The summed E-state index contributed by atoms with van der Waals surface area (Å²) in [6.07, 6.45) is 0. The second kappa shape index (κ2) is 5.64. The molecule has 1 rings (SSSR count). The SMILES string of the molecule is BrCc1cc(C(Br)Br)c(Br)cc1Br. The minimum Gasteiger partial charge on any atom is -0.0876 e. The lowest BCUT2D eigenvalue weighted by atomic mass is 10.2. The predicted molar refractivity (Wildman–Crippen MR) is 75.1 cm³/mol. The fourth-order valence-electron chi connectivity index (χ4n) is 0.883. The third kappa shape index (κ3) is 3.30. The molecule has 5 heteroatoms. The minimum atomic E-state index is 0.181. The Bertz CT molecular complexity index is 308. The van der Waals surface area contributed by atoms with Gasteiger partial charge in [-0.15, -0.1) is 0 Å². The third-order valence-electron chi connectivity index (χ3n) is 1.54. The highest BCUT2D eigenvalue weighted by Crippen LogP contribution is 2.37. The molecule has 0 atom stereocenters. The van der Waals surface area contributed by atoms with Crippen LogP contribution in [-0.2, 0) is 5.33 Å². The van der Waals surface area contributed by atoms with Crippen LogP contribution in [0.15, 0.2) is 21.1 Å². The quantitative estimate of drug-likeness (QED) is 0.444. The second-order valence-electron chi connectivity index (χ2n) is 2.40. The lowest BCUT2D eigenvalue weighted by Gasteiger charge is -2.09. The standard InChI is InChI=1S/C8H5Br5/c9-3-4-1-5(8(12)13)7(11)2-6(4)10/h1-2,8H,3H2. The van der Waals surface area contributed by atoms with Crippen molar-refractivity contribution in [3.8, 4) is 0 Å². The smallest absolute Gasteiger partial charge is 0.0876 e. The van der Waals surface area contributed by atoms with Gasteiger partial charge in [0, 0.05) is 14.3 Å². The van der Waals surface area contributed by atoms with E-state index in [-0.39, 0.29) is 3.74 Å². The van der Waals surface area contributed by atoms with Crippen molar-refractivity contribution in [2.24, 2.45) is 0 Å². The van der Waals surface area contributed by atoms with Crippen LogP contribution in [0.25, 0.3) is 0 Å². The Morgan fingerprint density at radius 3 is 2.15 bits per heavy atom. The monoisotopic (exact) mass is 496 g/mol. The van der Waals surface area contributed by atoms with Crippen LogP contribution >= 0.6 is 79.6 Å². The average molecular weight is 501 g/mol. The Balaban J connectivity index is 3.22. The summed E-state index contributed by atoms with van der Waals surface area (Å²) in [5.41, 5.74) is 2.43. The van der Waals surface area contributed by atoms with Gasteiger partial charge in [-0.2, -0.15) is 0 Å². The van der Waals surface area contributed by atoms with Gasteiger partial charge >= 0.3 is 0 Å². The molecule has 0 N–H and O–H groups in total. The van der Waals surface area contributed by atoms with E-state index in [1.807, 2.05) is 0 Å². The maximum atomic E-state index is 3.51. The Kier molecular flexibility index (Phi) is 5.50. The van der Waals surface area contributed by atoms with Crippen molar-refractivity contribution < 1.29 is 0 Å². The molecule has 0 bridgehead atoms. The van der Waals surface area contributed by atoms with Gasteiger partial charge in [0.25, 0.3) is 0 Å². The Morgan fingerprint density at radius 2 is 1.69 bits per heavy atom. The van der Waals surface area contributed by atoms with Crippen LogP contribution in [0, 0.1) is 0 Å². The van der Waals surface area contributed by atoms with Gasteiger partial charge in [-0.05, 0) is 17.2 Å². The molecule has 0 unspecified atom stereocenters. The van der Waals surface area contributed by atoms with Crippen molar-refractivity contribution in [3.05, 3.63) is 32.2 Å². The molecule has 0 heterocycles. The number of halogens is 5. The van der Waals surface area contributed by atoms with Crippen molar-refractivity contribution in [2.75, 3.05) is 0 Å². The van der Waals surface area contributed by atoms with Crippen molar-refractivity contribution in [1.82, 2.24) is 0 Å². The van der Waals surface area contributed by atoms with E-state index >= 15 is 0 Å². The summed E-state index contributed by atoms with van der Waals surface area (Å²) in [6, 6.07) is 4.19. The van der Waals surface area contributed by atoms with E-state index in [0.717, 1.165) is 14.3 Å². The Hall–Kier alpha value is 1.62. The van der Waals surface area contributed by atoms with E-state index in [9.17, 15) is 0 Å². The zero-order valence-corrected chi connectivity index (χ0v) is 14.3. The van der Waals surface area contributed by atoms with Crippen LogP contribution in [0.4, 0.5) is 0 Å². The van der Waals surface area contributed by atoms with E-state index in [1.165, 1.54) is 11.1 Å². The molecular weight excluding hydrogens is 496 g/mol. The van der Waals surface area contributed by atoms with E-state index in [0.29, 0.717) is 0 Å². The second-order valence-corrected chi connectivity index (χ2v) is 7.73. The highest BCUT2D eigenvalue weighted by Gasteiger charge is 2.10. The first-order valence-electron chi connectivity index (χ1n) is 3.38. The number of alkyl halides is 3. The van der Waals surface area contributed by atoms with Gasteiger partial charge < -0.3 is 0 Å². The zero-order chi connectivity index (χ0) is 10.0. The summed E-state index contributed by atoms with van der Waals surface area (Å²) < 4.78 is 2.38. The normalized spacial score (nSPS) is 10.9. The highest BCUT2D eigenvalue weighted by molar-refractivity contribution is 9.24. The summed E-state index contributed by atoms with van der Waals surface area (Å²) in [4.78, 5) is 0. The van der Waals surface area contributed by atoms with Gasteiger partial charge in [-0.1, -0.05) is 85.7 Å². The summed E-state index contributed by atoms with van der Waals surface area (Å²) in [6.45, 7) is 0. The Morgan fingerprint density at radius 1 is 1.08 bits per heavy atom. The molecule has 1 aromatic carbocycles. The summed E-state index contributed by atoms with van der Waals surface area (Å²) >= 11 is 17.4. The number of rotatable bonds is 2. The maximum absolute atomic E-state index is 3.51. The molecule has 0 aliphatic carbocycles. The molecule has 0 amide bonds. The maximum Gasteiger partial charge on any atom is 0.0957 e. The van der Waals surface area contributed by atoms with Gasteiger partial charge in [0.2, 0.25) is 0 Å². The van der Waals surface area contributed by atoms with E-state index in [2.05, 4.69) is 91.8 Å². The molecule has 0 saturated heterocycles. The molecule has 13 heavy (non-hydrogen) atoms. The molecule has 0 saturated carbocycles. The number of hydrogen-bond acceptors (Lipinski definition) is 0. The van der Waals surface area contributed by atoms with Gasteiger partial charge in [-0.25, -0.2) is 0 Å². The predicted octanol–water partition coefficient (Wildman–Crippen LogP) is 5.89. The van der Waals surface area contributed by atoms with Crippen LogP contribution in [-0.4, -0.2) is 0 Å². The number of hydrogen-bond donors (Lipinski definition) is 0. The Labute approximate surface area is 119 Å². The number of benzene rings is 1. The molecule has 72 valence electrons. The molecule has 0 radical (unpaired) electrons. The van der Waals surface area contributed by atoms with Gasteiger partial charge in [0.1, 0.15) is 0 Å². The molecule has 0 aliphatic heterocycles.